The van der Waals surface area contributed by atoms with Crippen LogP contribution in [0.15, 0.2) is 0 Å². The highest BCUT2D eigenvalue weighted by atomic mass is 31.2. The van der Waals surface area contributed by atoms with E-state index in [0.29, 0.717) is 12.1 Å². The maximum absolute atomic E-state index is 12.8. The Labute approximate surface area is 92.5 Å². The van der Waals surface area contributed by atoms with Crippen molar-refractivity contribution in [2.45, 2.75) is 45.7 Å². The van der Waals surface area contributed by atoms with E-state index in [9.17, 15) is 4.57 Å². The van der Waals surface area contributed by atoms with Gasteiger partial charge in [-0.2, -0.15) is 0 Å². The van der Waals surface area contributed by atoms with Gasteiger partial charge in [-0.05, 0) is 20.3 Å². The van der Waals surface area contributed by atoms with Gasteiger partial charge in [0.1, 0.15) is 0 Å². The Morgan fingerprint density at radius 2 is 1.73 bits per heavy atom. The summed E-state index contributed by atoms with van der Waals surface area (Å²) in [4.78, 5) is 0. The van der Waals surface area contributed by atoms with Crippen LogP contribution in [0.5, 0.6) is 0 Å². The summed E-state index contributed by atoms with van der Waals surface area (Å²) in [7, 11) is -2.37. The summed E-state index contributed by atoms with van der Waals surface area (Å²) < 4.78 is 17.0. The molecular weight excluding hydrogens is 209 g/mol. The number of nitrogens with one attached hydrogen (secondary N) is 1. The van der Waals surface area contributed by atoms with Gasteiger partial charge in [0.15, 0.2) is 0 Å². The van der Waals surface area contributed by atoms with Crippen LogP contribution in [0.25, 0.3) is 0 Å². The van der Waals surface area contributed by atoms with Crippen molar-refractivity contribution in [3.05, 3.63) is 0 Å². The minimum atomic E-state index is -2.37. The highest BCUT2D eigenvalue weighted by Gasteiger charge is 2.54. The van der Waals surface area contributed by atoms with Crippen LogP contribution < -0.4 is 5.09 Å². The van der Waals surface area contributed by atoms with Crippen LogP contribution in [0.4, 0.5) is 0 Å². The summed E-state index contributed by atoms with van der Waals surface area (Å²) in [6.45, 7) is 9.29. The topological polar surface area (TPSA) is 35.1 Å². The van der Waals surface area contributed by atoms with Gasteiger partial charge in [0.05, 0.1) is 0 Å². The molecule has 0 bridgehead atoms. The van der Waals surface area contributed by atoms with Crippen LogP contribution in [0.1, 0.15) is 33.6 Å². The van der Waals surface area contributed by atoms with Crippen LogP contribution in [0.3, 0.4) is 0 Å². The minimum absolute atomic E-state index is 0.498. The largest absolute Gasteiger partial charge is 0.284 e. The maximum atomic E-state index is 12.8. The van der Waals surface area contributed by atoms with Gasteiger partial charge in [-0.15, -0.1) is 0 Å². The fourth-order valence-corrected chi connectivity index (χ4v) is 5.03. The zero-order chi connectivity index (χ0) is 11.1. The molecule has 0 aromatic rings. The molecule has 5 heteroatoms. The lowest BCUT2D eigenvalue weighted by atomic mass is 10.3. The van der Waals surface area contributed by atoms with Gasteiger partial charge in [-0.25, -0.2) is 14.4 Å². The maximum Gasteiger partial charge on any atom is 0.284 e. The summed E-state index contributed by atoms with van der Waals surface area (Å²) in [6.07, 6.45) is 2.26. The number of hydrogen-bond acceptors (Lipinski definition) is 1. The molecule has 0 amide bonds. The Bertz CT molecular complexity index is 264. The quantitative estimate of drug-likeness (QED) is 0.430. The molecule has 0 aromatic carbocycles. The van der Waals surface area contributed by atoms with E-state index in [-0.39, 0.29) is 0 Å². The van der Waals surface area contributed by atoms with E-state index in [4.69, 9.17) is 0 Å². The van der Waals surface area contributed by atoms with E-state index in [1.807, 2.05) is 0 Å². The van der Waals surface area contributed by atoms with E-state index in [1.54, 1.807) is 0 Å². The Hall–Kier alpha value is 0.110. The van der Waals surface area contributed by atoms with Gasteiger partial charge in [0.2, 0.25) is 0 Å². The molecule has 2 saturated heterocycles. The molecule has 0 aliphatic carbocycles. The van der Waals surface area contributed by atoms with Crippen molar-refractivity contribution < 1.29 is 4.57 Å². The van der Waals surface area contributed by atoms with Gasteiger partial charge in [0.25, 0.3) is 7.59 Å². The minimum Gasteiger partial charge on any atom is -0.270 e. The molecule has 3 unspecified atom stereocenters. The Morgan fingerprint density at radius 3 is 2.07 bits per heavy atom. The first-order valence-electron chi connectivity index (χ1n) is 5.99. The summed E-state index contributed by atoms with van der Waals surface area (Å²) in [6, 6.07) is 0.996. The summed E-state index contributed by atoms with van der Waals surface area (Å²) in [5.41, 5.74) is 0. The molecule has 2 heterocycles. The summed E-state index contributed by atoms with van der Waals surface area (Å²) in [5, 5.41) is 3.29. The van der Waals surface area contributed by atoms with Crippen molar-refractivity contribution in [3.63, 3.8) is 0 Å². The Balaban J connectivity index is 1.94. The van der Waals surface area contributed by atoms with E-state index >= 15 is 0 Å². The first-order chi connectivity index (χ1) is 7.09. The van der Waals surface area contributed by atoms with Crippen LogP contribution in [-0.4, -0.2) is 41.1 Å². The fourth-order valence-electron chi connectivity index (χ4n) is 1.93. The van der Waals surface area contributed by atoms with Gasteiger partial charge in [-0.3, -0.25) is 4.57 Å². The second-order valence-corrected chi connectivity index (χ2v) is 7.18. The zero-order valence-electron chi connectivity index (χ0n) is 9.94. The normalized spacial score (nSPS) is 42.3. The molecule has 15 heavy (non-hydrogen) atoms. The molecule has 2 aliphatic rings. The third-order valence-electron chi connectivity index (χ3n) is 3.20. The number of nitrogens with zero attached hydrogens (tertiary/aromatic N) is 2. The van der Waals surface area contributed by atoms with Crippen molar-refractivity contribution in [1.29, 1.82) is 0 Å². The number of hydrogen-bond donors (Lipinski definition) is 1. The van der Waals surface area contributed by atoms with Gasteiger partial charge in [-0.1, -0.05) is 13.3 Å². The molecule has 2 aliphatic heterocycles. The predicted octanol–water partition coefficient (Wildman–Crippen LogP) is 1.89. The van der Waals surface area contributed by atoms with Crippen LogP contribution in [-0.2, 0) is 4.57 Å². The molecule has 0 radical (unpaired) electrons. The first kappa shape index (κ1) is 11.6. The monoisotopic (exact) mass is 231 g/mol. The van der Waals surface area contributed by atoms with E-state index in [1.165, 1.54) is 0 Å². The summed E-state index contributed by atoms with van der Waals surface area (Å²) in [5.74, 6) is 0. The predicted molar refractivity (Wildman–Crippen MR) is 62.9 cm³/mol. The van der Waals surface area contributed by atoms with Crippen molar-refractivity contribution >= 4 is 7.59 Å². The van der Waals surface area contributed by atoms with E-state index in [2.05, 4.69) is 35.2 Å². The molecule has 4 nitrogen and oxygen atoms in total. The molecule has 2 rings (SSSR count). The Kier molecular flexibility index (Phi) is 3.22. The highest BCUT2D eigenvalue weighted by Crippen LogP contribution is 2.61. The standard InChI is InChI=1S/C10H22N3OP/c1-4-5-6-11-15(14,12-7-9(12)2)13-8-10(13)3/h9-10H,4-8H2,1-3H3,(H,11,14)/t9-,10+,12?,13?,15?. The lowest BCUT2D eigenvalue weighted by molar-refractivity contribution is 0.487. The first-order valence-corrected chi connectivity index (χ1v) is 7.60. The van der Waals surface area contributed by atoms with Crippen molar-refractivity contribution in [3.8, 4) is 0 Å². The third-order valence-corrected chi connectivity index (χ3v) is 6.34. The molecule has 1 N–H and O–H groups in total. The van der Waals surface area contributed by atoms with Crippen LogP contribution >= 0.6 is 7.59 Å². The molecular formula is C10H22N3OP. The number of unbranched alkanes of at least 4 members (excludes halogenated alkanes) is 1. The smallest absolute Gasteiger partial charge is 0.270 e. The molecule has 0 aromatic heterocycles. The average Bonchev–Trinajstić information content (AvgIpc) is 3.05. The average molecular weight is 231 g/mol. The molecule has 5 atom stereocenters. The highest BCUT2D eigenvalue weighted by molar-refractivity contribution is 7.57. The zero-order valence-corrected chi connectivity index (χ0v) is 10.8. The molecule has 0 saturated carbocycles. The fraction of sp³-hybridized carbons (Fsp3) is 1.00. The lowest BCUT2D eigenvalue weighted by Crippen LogP contribution is -2.23. The molecule has 2 fully saturated rings. The van der Waals surface area contributed by atoms with Crippen molar-refractivity contribution in [1.82, 2.24) is 14.4 Å². The van der Waals surface area contributed by atoms with Crippen LogP contribution in [0.2, 0.25) is 0 Å². The molecule has 0 spiro atoms. The second kappa shape index (κ2) is 4.17. The van der Waals surface area contributed by atoms with Gasteiger partial charge >= 0.3 is 0 Å². The molecule has 88 valence electrons. The Morgan fingerprint density at radius 1 is 1.27 bits per heavy atom. The summed E-state index contributed by atoms with van der Waals surface area (Å²) >= 11 is 0. The van der Waals surface area contributed by atoms with Crippen LogP contribution in [0, 0.1) is 0 Å². The van der Waals surface area contributed by atoms with Crippen molar-refractivity contribution in [2.75, 3.05) is 19.6 Å². The van der Waals surface area contributed by atoms with Gasteiger partial charge in [0, 0.05) is 31.7 Å². The van der Waals surface area contributed by atoms with E-state index < -0.39 is 7.59 Å². The second-order valence-electron chi connectivity index (χ2n) is 4.75. The number of rotatable bonds is 6. The lowest BCUT2D eigenvalue weighted by Gasteiger charge is -2.22. The SMILES string of the molecule is CCCCNP(=O)(N1C[C@H]1C)N1C[C@@H]1C. The van der Waals surface area contributed by atoms with Crippen molar-refractivity contribution in [2.24, 2.45) is 0 Å². The van der Waals surface area contributed by atoms with E-state index in [0.717, 1.165) is 32.5 Å². The third kappa shape index (κ3) is 2.28. The van der Waals surface area contributed by atoms with Gasteiger partial charge < -0.3 is 0 Å².